The van der Waals surface area contributed by atoms with Crippen LogP contribution in [0.3, 0.4) is 0 Å². The zero-order chi connectivity index (χ0) is 20.1. The molecule has 0 aliphatic carbocycles. The molecule has 0 aliphatic rings. The molecule has 1 heterocycles. The Hall–Kier alpha value is -3.52. The maximum atomic E-state index is 12.4. The monoisotopic (exact) mass is 394 g/mol. The van der Waals surface area contributed by atoms with Gasteiger partial charge in [0.15, 0.2) is 0 Å². The number of aryl methyl sites for hydroxylation is 1. The van der Waals surface area contributed by atoms with E-state index in [-0.39, 0.29) is 5.91 Å². The van der Waals surface area contributed by atoms with Gasteiger partial charge >= 0.3 is 0 Å². The first-order chi connectivity index (χ1) is 13.4. The number of hydrogen-bond acceptors (Lipinski definition) is 5. The number of rotatable bonds is 4. The molecule has 3 amide bonds. The minimum Gasteiger partial charge on any atom is -0.326 e. The highest BCUT2D eigenvalue weighted by molar-refractivity contribution is 7.17. The molecule has 3 aromatic rings. The van der Waals surface area contributed by atoms with E-state index in [1.807, 2.05) is 30.3 Å². The Kier molecular flexibility index (Phi) is 5.81. The Bertz CT molecular complexity index is 1010. The highest BCUT2D eigenvalue weighted by atomic mass is 32.1. The Morgan fingerprint density at radius 2 is 1.54 bits per heavy atom. The zero-order valence-electron chi connectivity index (χ0n) is 15.3. The van der Waals surface area contributed by atoms with Gasteiger partial charge < -0.3 is 5.32 Å². The normalized spacial score (nSPS) is 10.2. The van der Waals surface area contributed by atoms with Crippen LogP contribution in [0.25, 0.3) is 10.6 Å². The van der Waals surface area contributed by atoms with Crippen LogP contribution in [0.5, 0.6) is 0 Å². The number of hydrogen-bond donors (Lipinski definition) is 3. The predicted molar refractivity (Wildman–Crippen MR) is 108 cm³/mol. The van der Waals surface area contributed by atoms with Crippen molar-refractivity contribution in [3.63, 3.8) is 0 Å². The summed E-state index contributed by atoms with van der Waals surface area (Å²) in [4.78, 5) is 40.5. The summed E-state index contributed by atoms with van der Waals surface area (Å²) in [6.07, 6.45) is 0. The maximum Gasteiger partial charge on any atom is 0.281 e. The van der Waals surface area contributed by atoms with Crippen LogP contribution in [0.4, 0.5) is 5.69 Å². The van der Waals surface area contributed by atoms with Crippen molar-refractivity contribution in [3.05, 3.63) is 70.7 Å². The van der Waals surface area contributed by atoms with Gasteiger partial charge in [0.05, 0.1) is 5.69 Å². The maximum absolute atomic E-state index is 12.4. The molecule has 0 saturated heterocycles. The third kappa shape index (κ3) is 4.60. The van der Waals surface area contributed by atoms with Gasteiger partial charge in [-0.15, -0.1) is 11.3 Å². The molecule has 7 nitrogen and oxygen atoms in total. The van der Waals surface area contributed by atoms with Crippen molar-refractivity contribution < 1.29 is 14.4 Å². The number of hydrazine groups is 1. The van der Waals surface area contributed by atoms with E-state index in [2.05, 4.69) is 21.2 Å². The minimum atomic E-state index is -0.465. The number of anilines is 1. The first-order valence-electron chi connectivity index (χ1n) is 8.45. The van der Waals surface area contributed by atoms with Crippen molar-refractivity contribution in [2.24, 2.45) is 0 Å². The molecule has 2 aromatic carbocycles. The highest BCUT2D eigenvalue weighted by Gasteiger charge is 2.17. The molecular formula is C20H18N4O3S. The van der Waals surface area contributed by atoms with Crippen LogP contribution < -0.4 is 16.2 Å². The van der Waals surface area contributed by atoms with E-state index in [9.17, 15) is 14.4 Å². The molecule has 0 bridgehead atoms. The van der Waals surface area contributed by atoms with E-state index in [4.69, 9.17) is 0 Å². The van der Waals surface area contributed by atoms with Gasteiger partial charge in [0, 0.05) is 23.7 Å². The van der Waals surface area contributed by atoms with E-state index >= 15 is 0 Å². The topological polar surface area (TPSA) is 100 Å². The van der Waals surface area contributed by atoms with Crippen LogP contribution in [0.15, 0.2) is 54.6 Å². The van der Waals surface area contributed by atoms with Crippen molar-refractivity contribution in [3.8, 4) is 10.6 Å². The summed E-state index contributed by atoms with van der Waals surface area (Å²) in [6, 6.07) is 15.9. The number of carbonyl (C=O) groups excluding carboxylic acids is 3. The average molecular weight is 394 g/mol. The summed E-state index contributed by atoms with van der Waals surface area (Å²) in [5.74, 6) is -1.09. The van der Waals surface area contributed by atoms with Gasteiger partial charge in [-0.05, 0) is 31.2 Å². The van der Waals surface area contributed by atoms with Gasteiger partial charge in [0.2, 0.25) is 5.91 Å². The van der Waals surface area contributed by atoms with Crippen LogP contribution in [0.1, 0.15) is 32.6 Å². The van der Waals surface area contributed by atoms with Crippen LogP contribution in [-0.4, -0.2) is 22.7 Å². The Morgan fingerprint density at radius 1 is 0.893 bits per heavy atom. The van der Waals surface area contributed by atoms with Crippen molar-refractivity contribution in [1.82, 2.24) is 15.8 Å². The summed E-state index contributed by atoms with van der Waals surface area (Å²) in [5, 5.41) is 3.36. The molecular weight excluding hydrogens is 376 g/mol. The molecule has 0 unspecified atom stereocenters. The molecule has 0 fully saturated rings. The average Bonchev–Trinajstić information content (AvgIpc) is 3.08. The quantitative estimate of drug-likeness (QED) is 0.592. The minimum absolute atomic E-state index is 0.195. The molecule has 0 aliphatic heterocycles. The third-order valence-electron chi connectivity index (χ3n) is 3.78. The summed E-state index contributed by atoms with van der Waals surface area (Å²) in [6.45, 7) is 3.15. The second-order valence-corrected chi connectivity index (χ2v) is 6.97. The lowest BCUT2D eigenvalue weighted by molar-refractivity contribution is -0.114. The van der Waals surface area contributed by atoms with Gasteiger partial charge in [-0.1, -0.05) is 30.3 Å². The van der Waals surface area contributed by atoms with Crippen molar-refractivity contribution >= 4 is 34.7 Å². The number of thiazole rings is 1. The van der Waals surface area contributed by atoms with E-state index in [1.165, 1.54) is 18.3 Å². The molecule has 0 saturated carbocycles. The lowest BCUT2D eigenvalue weighted by Crippen LogP contribution is -2.41. The van der Waals surface area contributed by atoms with E-state index in [1.54, 1.807) is 31.2 Å². The second-order valence-electron chi connectivity index (χ2n) is 5.97. The largest absolute Gasteiger partial charge is 0.326 e. The number of nitrogens with one attached hydrogen (secondary N) is 3. The number of benzene rings is 2. The molecule has 3 N–H and O–H groups in total. The predicted octanol–water partition coefficient (Wildman–Crippen LogP) is 3.15. The van der Waals surface area contributed by atoms with E-state index < -0.39 is 11.8 Å². The molecule has 0 radical (unpaired) electrons. The van der Waals surface area contributed by atoms with Gasteiger partial charge in [-0.25, -0.2) is 4.98 Å². The fourth-order valence-corrected chi connectivity index (χ4v) is 3.43. The Balaban J connectivity index is 1.63. The molecule has 0 atom stereocenters. The van der Waals surface area contributed by atoms with Crippen LogP contribution in [0, 0.1) is 6.92 Å². The standard InChI is InChI=1S/C20H18N4O3S/c1-12-17(28-20(21-12)15-6-4-3-5-7-15)19(27)24-23-18(26)14-8-10-16(11-9-14)22-13(2)25/h3-11H,1-2H3,(H,22,25)(H,23,26)(H,24,27). The number of carbonyl (C=O) groups is 3. The lowest BCUT2D eigenvalue weighted by Gasteiger charge is -2.07. The van der Waals surface area contributed by atoms with E-state index in [0.717, 1.165) is 10.6 Å². The lowest BCUT2D eigenvalue weighted by atomic mass is 10.2. The first-order valence-corrected chi connectivity index (χ1v) is 9.27. The fourth-order valence-electron chi connectivity index (χ4n) is 2.46. The fraction of sp³-hybridized carbons (Fsp3) is 0.100. The summed E-state index contributed by atoms with van der Waals surface area (Å²) >= 11 is 1.26. The van der Waals surface area contributed by atoms with Crippen LogP contribution >= 0.6 is 11.3 Å². The Morgan fingerprint density at radius 3 is 2.18 bits per heavy atom. The van der Waals surface area contributed by atoms with Crippen molar-refractivity contribution in [1.29, 1.82) is 0 Å². The SMILES string of the molecule is CC(=O)Nc1ccc(C(=O)NNC(=O)c2sc(-c3ccccc3)nc2C)cc1. The number of aromatic nitrogens is 1. The summed E-state index contributed by atoms with van der Waals surface area (Å²) in [5.41, 5.74) is 7.25. The Labute approximate surface area is 165 Å². The second kappa shape index (κ2) is 8.45. The van der Waals surface area contributed by atoms with Gasteiger partial charge in [-0.2, -0.15) is 0 Å². The van der Waals surface area contributed by atoms with Gasteiger partial charge in [0.1, 0.15) is 9.88 Å². The molecule has 0 spiro atoms. The van der Waals surface area contributed by atoms with Crippen molar-refractivity contribution in [2.45, 2.75) is 13.8 Å². The molecule has 28 heavy (non-hydrogen) atoms. The van der Waals surface area contributed by atoms with Gasteiger partial charge in [0.25, 0.3) is 11.8 Å². The summed E-state index contributed by atoms with van der Waals surface area (Å²) in [7, 11) is 0. The van der Waals surface area contributed by atoms with Crippen molar-refractivity contribution in [2.75, 3.05) is 5.32 Å². The molecule has 142 valence electrons. The van der Waals surface area contributed by atoms with E-state index in [0.29, 0.717) is 21.8 Å². The summed E-state index contributed by atoms with van der Waals surface area (Å²) < 4.78 is 0. The first kappa shape index (κ1) is 19.2. The third-order valence-corrected chi connectivity index (χ3v) is 4.99. The van der Waals surface area contributed by atoms with Crippen LogP contribution in [-0.2, 0) is 4.79 Å². The zero-order valence-corrected chi connectivity index (χ0v) is 16.1. The van der Waals surface area contributed by atoms with Gasteiger partial charge in [-0.3, -0.25) is 25.2 Å². The molecule has 3 rings (SSSR count). The highest BCUT2D eigenvalue weighted by Crippen LogP contribution is 2.27. The molecule has 1 aromatic heterocycles. The smallest absolute Gasteiger partial charge is 0.281 e. The number of amides is 3. The van der Waals surface area contributed by atoms with Crippen LogP contribution in [0.2, 0.25) is 0 Å². The number of nitrogens with zero attached hydrogens (tertiary/aromatic N) is 1. The molecule has 8 heteroatoms.